The van der Waals surface area contributed by atoms with Crippen LogP contribution in [0.25, 0.3) is 0 Å². The first kappa shape index (κ1) is 48.8. The average molecular weight is 732 g/mol. The van der Waals surface area contributed by atoms with Gasteiger partial charge in [0.2, 0.25) is 0 Å². The van der Waals surface area contributed by atoms with Crippen molar-refractivity contribution in [3.63, 3.8) is 0 Å². The average Bonchev–Trinajstić information content (AvgIpc) is 3.06. The van der Waals surface area contributed by atoms with Crippen LogP contribution in [-0.4, -0.2) is 70.0 Å². The minimum Gasteiger partial charge on any atom is -0.756 e. The minimum absolute atomic E-state index is 0.0284. The van der Waals surface area contributed by atoms with Gasteiger partial charge in [0, 0.05) is 12.8 Å². The van der Waals surface area contributed by atoms with Gasteiger partial charge in [-0.15, -0.1) is 0 Å². The molecule has 296 valence electrons. The number of nitrogens with zero attached hydrogens (tertiary/aromatic N) is 1. The van der Waals surface area contributed by atoms with Crippen molar-refractivity contribution in [2.45, 2.75) is 187 Å². The molecule has 0 aliphatic carbocycles. The zero-order valence-corrected chi connectivity index (χ0v) is 34.0. The Morgan fingerprint density at radius 3 is 1.50 bits per heavy atom. The Hall–Kier alpha value is -1.25. The fourth-order valence-corrected chi connectivity index (χ4v) is 6.26. The topological polar surface area (TPSA) is 111 Å². The first-order valence-electron chi connectivity index (χ1n) is 20.4. The van der Waals surface area contributed by atoms with E-state index in [2.05, 4.69) is 26.0 Å². The van der Waals surface area contributed by atoms with Crippen LogP contribution in [0.5, 0.6) is 0 Å². The third kappa shape index (κ3) is 36.5. The highest BCUT2D eigenvalue weighted by atomic mass is 31.2. The monoisotopic (exact) mass is 732 g/mol. The molecule has 9 nitrogen and oxygen atoms in total. The van der Waals surface area contributed by atoms with Crippen molar-refractivity contribution in [3.05, 3.63) is 12.2 Å². The van der Waals surface area contributed by atoms with Crippen LogP contribution in [-0.2, 0) is 32.7 Å². The van der Waals surface area contributed by atoms with Crippen LogP contribution in [0.2, 0.25) is 0 Å². The number of esters is 2. The molecule has 2 atom stereocenters. The molecule has 0 spiro atoms. The first-order valence-corrected chi connectivity index (χ1v) is 21.9. The normalized spacial score (nSPS) is 13.8. The molecule has 0 heterocycles. The van der Waals surface area contributed by atoms with E-state index in [1.54, 1.807) is 0 Å². The number of unbranched alkanes of at least 4 members (excludes halogenated alkanes) is 21. The molecule has 0 bridgehead atoms. The van der Waals surface area contributed by atoms with E-state index in [-0.39, 0.29) is 32.0 Å². The molecule has 0 aromatic carbocycles. The summed E-state index contributed by atoms with van der Waals surface area (Å²) in [7, 11) is 1.17. The molecular weight excluding hydrogens is 653 g/mol. The maximum absolute atomic E-state index is 12.6. The summed E-state index contributed by atoms with van der Waals surface area (Å²) in [6.07, 6.45) is 32.4. The van der Waals surface area contributed by atoms with Crippen LogP contribution in [0.15, 0.2) is 12.2 Å². The van der Waals surface area contributed by atoms with Crippen molar-refractivity contribution in [1.29, 1.82) is 0 Å². The standard InChI is InChI=1S/C40H78NO8P/c1-6-8-10-12-14-16-17-18-19-20-21-22-23-25-27-29-31-33-40(43)49-38(37-48-50(44,45)47-35-34-41(3,4)5)36-46-39(42)32-30-28-26-24-15-13-11-9-7-2/h16-17,38H,6-15,18-37H2,1-5H3/b17-16+/t38-/m1/s1. The van der Waals surface area contributed by atoms with Gasteiger partial charge >= 0.3 is 11.9 Å². The quantitative estimate of drug-likeness (QED) is 0.0204. The van der Waals surface area contributed by atoms with Gasteiger partial charge in [-0.3, -0.25) is 14.2 Å². The zero-order valence-electron chi connectivity index (χ0n) is 33.1. The molecule has 0 N–H and O–H groups in total. The third-order valence-electron chi connectivity index (χ3n) is 8.79. The van der Waals surface area contributed by atoms with Crippen LogP contribution < -0.4 is 4.89 Å². The molecule has 50 heavy (non-hydrogen) atoms. The Kier molecular flexibility index (Phi) is 32.7. The molecule has 1 unspecified atom stereocenters. The van der Waals surface area contributed by atoms with Gasteiger partial charge in [0.15, 0.2) is 6.10 Å². The van der Waals surface area contributed by atoms with E-state index >= 15 is 0 Å². The Balaban J connectivity index is 4.34. The van der Waals surface area contributed by atoms with Gasteiger partial charge in [-0.05, 0) is 38.5 Å². The lowest BCUT2D eigenvalue weighted by atomic mass is 10.1. The second-order valence-corrected chi connectivity index (χ2v) is 16.4. The summed E-state index contributed by atoms with van der Waals surface area (Å²) in [5, 5.41) is 0. The summed E-state index contributed by atoms with van der Waals surface area (Å²) >= 11 is 0. The summed E-state index contributed by atoms with van der Waals surface area (Å²) in [5.41, 5.74) is 0. The van der Waals surface area contributed by atoms with E-state index in [1.807, 2.05) is 21.1 Å². The van der Waals surface area contributed by atoms with Crippen molar-refractivity contribution in [1.82, 2.24) is 0 Å². The maximum Gasteiger partial charge on any atom is 0.306 e. The number of hydrogen-bond acceptors (Lipinski definition) is 8. The van der Waals surface area contributed by atoms with Crippen molar-refractivity contribution in [3.8, 4) is 0 Å². The Morgan fingerprint density at radius 1 is 0.600 bits per heavy atom. The predicted molar refractivity (Wildman–Crippen MR) is 204 cm³/mol. The molecule has 0 aliphatic rings. The number of carbonyl (C=O) groups is 2. The lowest BCUT2D eigenvalue weighted by molar-refractivity contribution is -0.870. The number of ether oxygens (including phenoxy) is 2. The van der Waals surface area contributed by atoms with E-state index in [0.717, 1.165) is 38.5 Å². The number of phosphoric ester groups is 1. The second-order valence-electron chi connectivity index (χ2n) is 15.0. The largest absolute Gasteiger partial charge is 0.756 e. The lowest BCUT2D eigenvalue weighted by Gasteiger charge is -2.28. The smallest absolute Gasteiger partial charge is 0.306 e. The summed E-state index contributed by atoms with van der Waals surface area (Å²) in [5.74, 6) is -0.834. The van der Waals surface area contributed by atoms with Gasteiger partial charge < -0.3 is 27.9 Å². The Labute approximate surface area is 307 Å². The molecule has 0 aliphatic heterocycles. The van der Waals surface area contributed by atoms with Gasteiger partial charge in [-0.25, -0.2) is 0 Å². The van der Waals surface area contributed by atoms with Gasteiger partial charge in [0.25, 0.3) is 7.82 Å². The van der Waals surface area contributed by atoms with Crippen LogP contribution in [0.1, 0.15) is 181 Å². The zero-order chi connectivity index (χ0) is 37.2. The Bertz CT molecular complexity index is 876. The molecule has 0 rings (SSSR count). The maximum atomic E-state index is 12.6. The molecular formula is C40H78NO8P. The highest BCUT2D eigenvalue weighted by Crippen LogP contribution is 2.38. The molecule has 0 saturated carbocycles. The van der Waals surface area contributed by atoms with Crippen LogP contribution >= 0.6 is 7.82 Å². The van der Waals surface area contributed by atoms with E-state index < -0.39 is 26.5 Å². The molecule has 0 saturated heterocycles. The number of allylic oxidation sites excluding steroid dienone is 2. The van der Waals surface area contributed by atoms with Gasteiger partial charge in [0.1, 0.15) is 19.8 Å². The number of likely N-dealkylation sites (N-methyl/N-ethyl adjacent to an activating group) is 1. The van der Waals surface area contributed by atoms with Crippen LogP contribution in [0.4, 0.5) is 0 Å². The predicted octanol–water partition coefficient (Wildman–Crippen LogP) is 10.4. The summed E-state index contributed by atoms with van der Waals surface area (Å²) in [6, 6.07) is 0. The van der Waals surface area contributed by atoms with Crippen LogP contribution in [0, 0.1) is 0 Å². The van der Waals surface area contributed by atoms with Gasteiger partial charge in [-0.1, -0.05) is 142 Å². The molecule has 0 radical (unpaired) electrons. The number of carbonyl (C=O) groups excluding carboxylic acids is 2. The van der Waals surface area contributed by atoms with Gasteiger partial charge in [0.05, 0.1) is 27.7 Å². The molecule has 0 fully saturated rings. The number of rotatable bonds is 37. The van der Waals surface area contributed by atoms with E-state index in [9.17, 15) is 19.0 Å². The molecule has 0 aromatic rings. The van der Waals surface area contributed by atoms with Gasteiger partial charge in [-0.2, -0.15) is 0 Å². The minimum atomic E-state index is -4.61. The van der Waals surface area contributed by atoms with Crippen molar-refractivity contribution < 1.29 is 42.1 Å². The lowest BCUT2D eigenvalue weighted by Crippen LogP contribution is -2.37. The fraction of sp³-hybridized carbons (Fsp3) is 0.900. The summed E-state index contributed by atoms with van der Waals surface area (Å²) < 4.78 is 33.8. The molecule has 0 amide bonds. The van der Waals surface area contributed by atoms with Crippen molar-refractivity contribution in [2.75, 3.05) is 47.5 Å². The van der Waals surface area contributed by atoms with E-state index in [4.69, 9.17) is 18.5 Å². The fourth-order valence-electron chi connectivity index (χ4n) is 5.53. The highest BCUT2D eigenvalue weighted by Gasteiger charge is 2.21. The van der Waals surface area contributed by atoms with E-state index in [0.29, 0.717) is 17.4 Å². The summed E-state index contributed by atoms with van der Waals surface area (Å²) in [4.78, 5) is 37.3. The van der Waals surface area contributed by atoms with Crippen molar-refractivity contribution in [2.24, 2.45) is 0 Å². The first-order chi connectivity index (χ1) is 24.0. The Morgan fingerprint density at radius 2 is 1.02 bits per heavy atom. The number of phosphoric acid groups is 1. The molecule has 10 heteroatoms. The van der Waals surface area contributed by atoms with Crippen molar-refractivity contribution >= 4 is 19.8 Å². The SMILES string of the molecule is CCCCCC/C=C/CCCCCCCCCCCC(=O)O[C@H](COC(=O)CCCCCCCCCCC)COP(=O)([O-])OCC[N+](C)(C)C. The number of hydrogen-bond donors (Lipinski definition) is 0. The highest BCUT2D eigenvalue weighted by molar-refractivity contribution is 7.45. The molecule has 0 aromatic heterocycles. The van der Waals surface area contributed by atoms with Crippen LogP contribution in [0.3, 0.4) is 0 Å². The summed E-state index contributed by atoms with van der Waals surface area (Å²) in [6.45, 7) is 4.19. The third-order valence-corrected chi connectivity index (χ3v) is 9.75. The second kappa shape index (κ2) is 33.6. The number of quaternary nitrogens is 1. The van der Waals surface area contributed by atoms with E-state index in [1.165, 1.54) is 109 Å².